The van der Waals surface area contributed by atoms with Gasteiger partial charge in [0.1, 0.15) is 11.6 Å². The van der Waals surface area contributed by atoms with Crippen molar-refractivity contribution in [3.05, 3.63) is 71.3 Å². The summed E-state index contributed by atoms with van der Waals surface area (Å²) >= 11 is 0. The predicted octanol–water partition coefficient (Wildman–Crippen LogP) is 5.48. The van der Waals surface area contributed by atoms with E-state index in [1.54, 1.807) is 67.0 Å². The molecule has 1 heterocycles. The lowest BCUT2D eigenvalue weighted by Crippen LogP contribution is -2.23. The fraction of sp³-hybridized carbons (Fsp3) is 0.333. The molecular formula is C24H27F2NO6P2. The summed E-state index contributed by atoms with van der Waals surface area (Å²) in [6.07, 6.45) is 5.96. The highest BCUT2D eigenvalue weighted by atomic mass is 31.2. The molecule has 11 heteroatoms. The zero-order chi connectivity index (χ0) is 25.8. The number of aryl methyl sites for hydroxylation is 2. The normalized spacial score (nSPS) is 16.6. The number of rotatable bonds is 7. The molecule has 1 aliphatic carbocycles. The Hall–Kier alpha value is -2.12. The monoisotopic (exact) mass is 525 g/mol. The summed E-state index contributed by atoms with van der Waals surface area (Å²) in [7, 11) is -8.68. The Kier molecular flexibility index (Phi) is 6.73. The van der Waals surface area contributed by atoms with Crippen LogP contribution in [0.2, 0.25) is 0 Å². The highest BCUT2D eigenvalue weighted by molar-refractivity contribution is 7.52. The highest BCUT2D eigenvalue weighted by Crippen LogP contribution is 2.48. The molecule has 0 amide bonds. The molecular weight excluding hydrogens is 498 g/mol. The van der Waals surface area contributed by atoms with Crippen LogP contribution in [0, 0.1) is 30.9 Å². The van der Waals surface area contributed by atoms with Gasteiger partial charge in [-0.1, -0.05) is 36.4 Å². The zero-order valence-electron chi connectivity index (χ0n) is 19.2. The van der Waals surface area contributed by atoms with Crippen molar-refractivity contribution in [1.82, 2.24) is 4.57 Å². The van der Waals surface area contributed by atoms with E-state index in [0.717, 1.165) is 0 Å². The van der Waals surface area contributed by atoms with E-state index in [-0.39, 0.29) is 23.6 Å². The van der Waals surface area contributed by atoms with Crippen molar-refractivity contribution in [3.63, 3.8) is 0 Å². The molecule has 0 radical (unpaired) electrons. The largest absolute Gasteiger partial charge is 0.330 e. The molecule has 3 aromatic rings. The molecule has 0 spiro atoms. The molecule has 7 nitrogen and oxygen atoms in total. The van der Waals surface area contributed by atoms with Crippen molar-refractivity contribution in [3.8, 4) is 0 Å². The van der Waals surface area contributed by atoms with E-state index in [4.69, 9.17) is 0 Å². The van der Waals surface area contributed by atoms with Crippen LogP contribution in [0.3, 0.4) is 0 Å². The SMILES string of the molecule is Cc1ccc2c(c1F)c1c(F)c(C)ccc1n2C1C=CC(CCP(=O)(O)O)(CCP(=O)(O)O)C=C1. The maximum atomic E-state index is 15.2. The summed E-state index contributed by atoms with van der Waals surface area (Å²) in [5.41, 5.74) is 0.790. The zero-order valence-corrected chi connectivity index (χ0v) is 21.0. The maximum Gasteiger partial charge on any atom is 0.325 e. The van der Waals surface area contributed by atoms with E-state index < -0.39 is 50.6 Å². The molecule has 35 heavy (non-hydrogen) atoms. The molecule has 0 saturated heterocycles. The molecule has 0 saturated carbocycles. The molecule has 1 aliphatic rings. The van der Waals surface area contributed by atoms with Crippen LogP contribution in [0.25, 0.3) is 21.8 Å². The minimum Gasteiger partial charge on any atom is -0.330 e. The number of benzene rings is 2. The van der Waals surface area contributed by atoms with E-state index in [1.807, 2.05) is 0 Å². The topological polar surface area (TPSA) is 120 Å². The Morgan fingerprint density at radius 3 is 1.57 bits per heavy atom. The van der Waals surface area contributed by atoms with Crippen LogP contribution >= 0.6 is 15.2 Å². The van der Waals surface area contributed by atoms with Gasteiger partial charge in [0.2, 0.25) is 0 Å². The third kappa shape index (κ3) is 5.21. The Balaban J connectivity index is 1.82. The average molecular weight is 525 g/mol. The molecule has 4 N–H and O–H groups in total. The number of hydrogen-bond acceptors (Lipinski definition) is 2. The summed E-state index contributed by atoms with van der Waals surface area (Å²) in [5.74, 6) is -1.01. The molecule has 0 aliphatic heterocycles. The molecule has 0 bridgehead atoms. The lowest BCUT2D eigenvalue weighted by Gasteiger charge is -2.32. The summed E-state index contributed by atoms with van der Waals surface area (Å²) in [6.45, 7) is 3.23. The first-order valence-electron chi connectivity index (χ1n) is 11.1. The van der Waals surface area contributed by atoms with Gasteiger partial charge in [-0.25, -0.2) is 8.78 Å². The van der Waals surface area contributed by atoms with Gasteiger partial charge in [0.15, 0.2) is 0 Å². The van der Waals surface area contributed by atoms with E-state index in [2.05, 4.69) is 0 Å². The summed E-state index contributed by atoms with van der Waals surface area (Å²) in [6, 6.07) is 6.23. The molecule has 2 aromatic carbocycles. The van der Waals surface area contributed by atoms with Crippen LogP contribution < -0.4 is 0 Å². The fourth-order valence-corrected chi connectivity index (χ4v) is 6.12. The Morgan fingerprint density at radius 1 is 0.800 bits per heavy atom. The third-order valence-electron chi connectivity index (χ3n) is 6.68. The first kappa shape index (κ1) is 26.0. The van der Waals surface area contributed by atoms with Gasteiger partial charge < -0.3 is 24.1 Å². The van der Waals surface area contributed by atoms with Crippen molar-refractivity contribution in [2.75, 3.05) is 12.3 Å². The fourth-order valence-electron chi connectivity index (χ4n) is 4.71. The van der Waals surface area contributed by atoms with E-state index in [0.29, 0.717) is 22.2 Å². The van der Waals surface area contributed by atoms with Crippen LogP contribution in [0.5, 0.6) is 0 Å². The number of halogens is 2. The van der Waals surface area contributed by atoms with Crippen molar-refractivity contribution < 1.29 is 37.5 Å². The molecule has 0 unspecified atom stereocenters. The molecule has 1 aromatic heterocycles. The molecule has 4 rings (SSSR count). The van der Waals surface area contributed by atoms with E-state index >= 15 is 8.78 Å². The van der Waals surface area contributed by atoms with Gasteiger partial charge in [-0.2, -0.15) is 0 Å². The van der Waals surface area contributed by atoms with Crippen LogP contribution in [-0.2, 0) is 9.13 Å². The second kappa shape index (κ2) is 9.07. The second-order valence-electron chi connectivity index (χ2n) is 9.27. The van der Waals surface area contributed by atoms with Gasteiger partial charge in [-0.05, 0) is 49.9 Å². The van der Waals surface area contributed by atoms with Crippen molar-refractivity contribution in [2.24, 2.45) is 5.41 Å². The first-order chi connectivity index (χ1) is 16.2. The molecule has 188 valence electrons. The Bertz CT molecular complexity index is 1360. The Labute approximate surface area is 201 Å². The van der Waals surface area contributed by atoms with Crippen molar-refractivity contribution in [1.29, 1.82) is 0 Å². The van der Waals surface area contributed by atoms with Crippen LogP contribution in [-0.4, -0.2) is 36.5 Å². The van der Waals surface area contributed by atoms with Gasteiger partial charge >= 0.3 is 15.2 Å². The minimum atomic E-state index is -4.34. The Morgan fingerprint density at radius 2 is 1.20 bits per heavy atom. The minimum absolute atomic E-state index is 0.00812. The lowest BCUT2D eigenvalue weighted by atomic mass is 9.78. The van der Waals surface area contributed by atoms with Crippen molar-refractivity contribution in [2.45, 2.75) is 32.7 Å². The van der Waals surface area contributed by atoms with E-state index in [9.17, 15) is 28.7 Å². The van der Waals surface area contributed by atoms with Crippen molar-refractivity contribution >= 4 is 37.0 Å². The third-order valence-corrected chi connectivity index (χ3v) is 8.29. The first-order valence-corrected chi connectivity index (χ1v) is 14.7. The molecule has 0 fully saturated rings. The smallest absolute Gasteiger partial charge is 0.325 e. The number of fused-ring (bicyclic) bond motifs is 3. The van der Waals surface area contributed by atoms with Gasteiger partial charge in [0.25, 0.3) is 0 Å². The highest BCUT2D eigenvalue weighted by Gasteiger charge is 2.33. The summed E-state index contributed by atoms with van der Waals surface area (Å²) < 4.78 is 55.2. The van der Waals surface area contributed by atoms with Crippen LogP contribution in [0.15, 0.2) is 48.6 Å². The number of hydrogen-bond donors (Lipinski definition) is 4. The molecule has 0 atom stereocenters. The van der Waals surface area contributed by atoms with Crippen LogP contribution in [0.1, 0.15) is 30.0 Å². The van der Waals surface area contributed by atoms with E-state index in [1.165, 1.54) is 0 Å². The number of allylic oxidation sites excluding steroid dienone is 4. The van der Waals surface area contributed by atoms with Gasteiger partial charge in [-0.15, -0.1) is 0 Å². The predicted molar refractivity (Wildman–Crippen MR) is 132 cm³/mol. The number of nitrogens with zero attached hydrogens (tertiary/aromatic N) is 1. The quantitative estimate of drug-likeness (QED) is 0.240. The van der Waals surface area contributed by atoms with Gasteiger partial charge in [0, 0.05) is 16.2 Å². The standard InChI is InChI=1S/C24H27F2NO6P2/c1-15-3-5-18-20(22(15)25)21-19(6-4-16(2)23(21)26)27(18)17-7-9-24(10-8-17,11-13-34(28,29)30)12-14-35(31,32)33/h3-10,17H,11-14H2,1-2H3,(H2,28,29,30)(H2,31,32,33). The van der Waals surface area contributed by atoms with Gasteiger partial charge in [-0.3, -0.25) is 9.13 Å². The maximum absolute atomic E-state index is 15.2. The lowest BCUT2D eigenvalue weighted by molar-refractivity contribution is 0.347. The second-order valence-corrected chi connectivity index (χ2v) is 12.8. The van der Waals surface area contributed by atoms with Gasteiger partial charge in [0.05, 0.1) is 29.4 Å². The number of aromatic nitrogens is 1. The summed E-state index contributed by atoms with van der Waals surface area (Å²) in [4.78, 5) is 37.4. The van der Waals surface area contributed by atoms with Crippen LogP contribution in [0.4, 0.5) is 8.78 Å². The average Bonchev–Trinajstić information content (AvgIpc) is 3.11. The summed E-state index contributed by atoms with van der Waals surface area (Å²) in [5, 5.41) is 0.366.